The van der Waals surface area contributed by atoms with Gasteiger partial charge in [-0.2, -0.15) is 4.31 Å². The fourth-order valence-corrected chi connectivity index (χ4v) is 4.21. The maximum atomic E-state index is 12.8. The van der Waals surface area contributed by atoms with Crippen molar-refractivity contribution < 1.29 is 22.7 Å². The van der Waals surface area contributed by atoms with E-state index >= 15 is 0 Å². The van der Waals surface area contributed by atoms with Gasteiger partial charge >= 0.3 is 0 Å². The van der Waals surface area contributed by atoms with E-state index in [1.807, 2.05) is 0 Å². The van der Waals surface area contributed by atoms with Crippen LogP contribution in [-0.4, -0.2) is 44.7 Å². The number of rotatable bonds is 6. The fourth-order valence-electron chi connectivity index (χ4n) is 2.57. The summed E-state index contributed by atoms with van der Waals surface area (Å²) < 4.78 is 32.0. The summed E-state index contributed by atoms with van der Waals surface area (Å²) in [4.78, 5) is 24.7. The van der Waals surface area contributed by atoms with Crippen LogP contribution in [0.15, 0.2) is 23.1 Å². The lowest BCUT2D eigenvalue weighted by atomic mass is 10.2. The molecule has 0 bridgehead atoms. The number of ether oxygens (including phenoxy) is 1. The van der Waals surface area contributed by atoms with Crippen LogP contribution in [0.5, 0.6) is 5.75 Å². The quantitative estimate of drug-likeness (QED) is 0.731. The molecule has 0 radical (unpaired) electrons. The summed E-state index contributed by atoms with van der Waals surface area (Å²) in [5.74, 6) is -0.475. The largest absolute Gasteiger partial charge is 0.495 e. The van der Waals surface area contributed by atoms with E-state index in [0.29, 0.717) is 13.1 Å². The van der Waals surface area contributed by atoms with Gasteiger partial charge in [-0.05, 0) is 18.2 Å². The van der Waals surface area contributed by atoms with E-state index < -0.39 is 10.0 Å². The second-order valence-electron chi connectivity index (χ2n) is 5.05. The number of carbonyl (C=O) groups excluding carboxylic acids is 2. The van der Waals surface area contributed by atoms with Gasteiger partial charge in [-0.1, -0.05) is 13.8 Å². The minimum absolute atomic E-state index is 0.0475. The first-order chi connectivity index (χ1) is 10.9. The van der Waals surface area contributed by atoms with Crippen molar-refractivity contribution in [3.63, 3.8) is 0 Å². The summed E-state index contributed by atoms with van der Waals surface area (Å²) in [6.07, 6.45) is 0.284. The van der Waals surface area contributed by atoms with E-state index in [0.717, 1.165) is 4.90 Å². The molecule has 1 aliphatic rings. The second-order valence-corrected chi connectivity index (χ2v) is 6.95. The van der Waals surface area contributed by atoms with Crippen LogP contribution in [0.1, 0.15) is 26.7 Å². The van der Waals surface area contributed by atoms with Gasteiger partial charge in [0.1, 0.15) is 10.6 Å². The van der Waals surface area contributed by atoms with E-state index in [4.69, 9.17) is 4.74 Å². The Morgan fingerprint density at radius 1 is 1.13 bits per heavy atom. The molecule has 8 heteroatoms. The molecule has 1 aromatic rings. The molecule has 2 rings (SSSR count). The summed E-state index contributed by atoms with van der Waals surface area (Å²) in [5, 5.41) is 0. The lowest BCUT2D eigenvalue weighted by molar-refractivity contribution is -0.121. The number of hydrogen-bond donors (Lipinski definition) is 0. The highest BCUT2D eigenvalue weighted by atomic mass is 32.2. The molecule has 23 heavy (non-hydrogen) atoms. The number of sulfonamides is 1. The van der Waals surface area contributed by atoms with Crippen LogP contribution in [-0.2, 0) is 19.6 Å². The molecule has 126 valence electrons. The smallest absolute Gasteiger partial charge is 0.246 e. The number of nitrogens with zero attached hydrogens (tertiary/aromatic N) is 2. The summed E-state index contributed by atoms with van der Waals surface area (Å²) in [6.45, 7) is 4.11. The van der Waals surface area contributed by atoms with Gasteiger partial charge in [0.05, 0.1) is 12.8 Å². The van der Waals surface area contributed by atoms with Crippen LogP contribution in [0, 0.1) is 0 Å². The Labute approximate surface area is 135 Å². The van der Waals surface area contributed by atoms with E-state index in [1.54, 1.807) is 13.8 Å². The maximum absolute atomic E-state index is 12.8. The first kappa shape index (κ1) is 17.4. The minimum Gasteiger partial charge on any atom is -0.495 e. The summed E-state index contributed by atoms with van der Waals surface area (Å²) in [6, 6.07) is 4.30. The summed E-state index contributed by atoms with van der Waals surface area (Å²) >= 11 is 0. The van der Waals surface area contributed by atoms with Gasteiger partial charge in [0.25, 0.3) is 0 Å². The third-order valence-electron chi connectivity index (χ3n) is 3.78. The third-order valence-corrected chi connectivity index (χ3v) is 5.85. The lowest BCUT2D eigenvalue weighted by Gasteiger charge is -2.22. The number of imide groups is 1. The molecule has 1 aliphatic heterocycles. The van der Waals surface area contributed by atoms with Crippen LogP contribution in [0.25, 0.3) is 0 Å². The third kappa shape index (κ3) is 3.09. The Morgan fingerprint density at radius 3 is 2.17 bits per heavy atom. The molecule has 2 amide bonds. The molecule has 0 unspecified atom stereocenters. The number of carbonyl (C=O) groups is 2. The van der Waals surface area contributed by atoms with E-state index in [1.165, 1.54) is 29.6 Å². The number of anilines is 1. The molecule has 0 saturated carbocycles. The predicted octanol–water partition coefficient (Wildman–Crippen LogP) is 1.38. The zero-order valence-corrected chi connectivity index (χ0v) is 14.2. The van der Waals surface area contributed by atoms with E-state index in [-0.39, 0.29) is 41.0 Å². The van der Waals surface area contributed by atoms with Gasteiger partial charge < -0.3 is 4.74 Å². The monoisotopic (exact) mass is 340 g/mol. The molecule has 1 fully saturated rings. The van der Waals surface area contributed by atoms with Crippen molar-refractivity contribution in [2.24, 2.45) is 0 Å². The van der Waals surface area contributed by atoms with Crippen molar-refractivity contribution in [1.82, 2.24) is 4.31 Å². The van der Waals surface area contributed by atoms with Crippen LogP contribution in [0.4, 0.5) is 5.69 Å². The van der Waals surface area contributed by atoms with Gasteiger partial charge in [0.2, 0.25) is 21.8 Å². The first-order valence-corrected chi connectivity index (χ1v) is 8.84. The minimum atomic E-state index is -3.77. The number of amides is 2. The maximum Gasteiger partial charge on any atom is 0.246 e. The van der Waals surface area contributed by atoms with Gasteiger partial charge in [-0.15, -0.1) is 0 Å². The lowest BCUT2D eigenvalue weighted by Crippen LogP contribution is -2.32. The highest BCUT2D eigenvalue weighted by molar-refractivity contribution is 7.89. The summed E-state index contributed by atoms with van der Waals surface area (Å²) in [7, 11) is -2.39. The molecule has 0 N–H and O–H groups in total. The summed E-state index contributed by atoms with van der Waals surface area (Å²) in [5.41, 5.74) is 0.254. The Bertz CT molecular complexity index is 709. The normalized spacial score (nSPS) is 15.6. The van der Waals surface area contributed by atoms with Gasteiger partial charge in [0.15, 0.2) is 0 Å². The Morgan fingerprint density at radius 2 is 1.70 bits per heavy atom. The van der Waals surface area contributed by atoms with Crippen molar-refractivity contribution in [2.75, 3.05) is 25.1 Å². The van der Waals surface area contributed by atoms with Crippen LogP contribution >= 0.6 is 0 Å². The average Bonchev–Trinajstić information content (AvgIpc) is 2.86. The topological polar surface area (TPSA) is 84.0 Å². The van der Waals surface area contributed by atoms with Crippen molar-refractivity contribution in [3.05, 3.63) is 18.2 Å². The molecule has 1 saturated heterocycles. The van der Waals surface area contributed by atoms with Crippen LogP contribution in [0.3, 0.4) is 0 Å². The molecule has 0 atom stereocenters. The first-order valence-electron chi connectivity index (χ1n) is 7.40. The van der Waals surface area contributed by atoms with Crippen LogP contribution < -0.4 is 9.64 Å². The average molecular weight is 340 g/mol. The molecule has 0 spiro atoms. The Balaban J connectivity index is 2.57. The molecule has 1 heterocycles. The van der Waals surface area contributed by atoms with Crippen molar-refractivity contribution in [1.29, 1.82) is 0 Å². The number of benzene rings is 1. The van der Waals surface area contributed by atoms with Crippen molar-refractivity contribution in [3.8, 4) is 5.75 Å². The highest BCUT2D eigenvalue weighted by Crippen LogP contribution is 2.32. The zero-order valence-electron chi connectivity index (χ0n) is 13.4. The number of methoxy groups -OCH3 is 1. The molecule has 0 aliphatic carbocycles. The molecule has 1 aromatic carbocycles. The molecular formula is C15H20N2O5S. The molecule has 7 nitrogen and oxygen atoms in total. The standard InChI is InChI=1S/C15H20N2O5S/c1-4-16(5-2)23(20,21)13-10-11(6-7-12(13)22-3)17-14(18)8-9-15(17)19/h6-7,10H,4-5,8-9H2,1-3H3. The second kappa shape index (κ2) is 6.67. The van der Waals surface area contributed by atoms with Gasteiger partial charge in [-0.25, -0.2) is 8.42 Å². The Hall–Kier alpha value is -1.93. The predicted molar refractivity (Wildman–Crippen MR) is 84.8 cm³/mol. The molecule has 0 aromatic heterocycles. The van der Waals surface area contributed by atoms with Crippen molar-refractivity contribution >= 4 is 27.5 Å². The SMILES string of the molecule is CCN(CC)S(=O)(=O)c1cc(N2C(=O)CCC2=O)ccc1OC. The Kier molecular flexibility index (Phi) is 5.06. The number of hydrogen-bond acceptors (Lipinski definition) is 5. The molecular weight excluding hydrogens is 320 g/mol. The highest BCUT2D eigenvalue weighted by Gasteiger charge is 2.33. The van der Waals surface area contributed by atoms with Crippen LogP contribution in [0.2, 0.25) is 0 Å². The zero-order chi connectivity index (χ0) is 17.2. The van der Waals surface area contributed by atoms with Crippen molar-refractivity contribution in [2.45, 2.75) is 31.6 Å². The fraction of sp³-hybridized carbons (Fsp3) is 0.467. The van der Waals surface area contributed by atoms with Gasteiger partial charge in [-0.3, -0.25) is 14.5 Å². The van der Waals surface area contributed by atoms with Gasteiger partial charge in [0, 0.05) is 25.9 Å². The van der Waals surface area contributed by atoms with E-state index in [9.17, 15) is 18.0 Å². The van der Waals surface area contributed by atoms with E-state index in [2.05, 4.69) is 0 Å².